The third kappa shape index (κ3) is 3.69. The summed E-state index contributed by atoms with van der Waals surface area (Å²) in [5.41, 5.74) is 12.2. The Labute approximate surface area is 173 Å². The number of Topliss-reactive ketones (excluding diaryl/α,β-unsaturated/α-hetero) is 1. The number of fused-ring (bicyclic) bond motifs is 1. The second-order valence-electron chi connectivity index (χ2n) is 7.35. The number of benzene rings is 3. The molecule has 0 fully saturated rings. The first-order valence-electron chi connectivity index (χ1n) is 9.69. The predicted molar refractivity (Wildman–Crippen MR) is 113 cm³/mol. The molecule has 0 spiro atoms. The fraction of sp³-hybridized carbons (Fsp3) is 0.167. The Bertz CT molecular complexity index is 1150. The van der Waals surface area contributed by atoms with Gasteiger partial charge in [-0.3, -0.25) is 9.59 Å². The van der Waals surface area contributed by atoms with Crippen LogP contribution in [0.4, 0.5) is 0 Å². The number of aryl methyl sites for hydroxylation is 1. The molecule has 2 atom stereocenters. The zero-order valence-corrected chi connectivity index (χ0v) is 16.1. The Morgan fingerprint density at radius 1 is 0.967 bits per heavy atom. The summed E-state index contributed by atoms with van der Waals surface area (Å²) in [4.78, 5) is 27.8. The summed E-state index contributed by atoms with van der Waals surface area (Å²) in [5.74, 6) is -0.912. The van der Waals surface area contributed by atoms with Crippen LogP contribution < -0.4 is 0 Å². The van der Waals surface area contributed by atoms with Crippen molar-refractivity contribution < 1.29 is 14.7 Å². The molecule has 0 radical (unpaired) electrons. The summed E-state index contributed by atoms with van der Waals surface area (Å²) in [6, 6.07) is 21.4. The normalized spacial score (nSPS) is 17.5. The first kappa shape index (κ1) is 19.4. The van der Waals surface area contributed by atoms with Crippen LogP contribution in [0.5, 0.6) is 5.75 Å². The number of azide groups is 1. The highest BCUT2D eigenvalue weighted by molar-refractivity contribution is 6.03. The fourth-order valence-electron chi connectivity index (χ4n) is 4.24. The number of carbonyl (C=O) groups is 2. The molecule has 0 saturated carbocycles. The number of ketones is 1. The van der Waals surface area contributed by atoms with E-state index in [9.17, 15) is 14.7 Å². The number of amides is 1. The van der Waals surface area contributed by atoms with Gasteiger partial charge >= 0.3 is 0 Å². The summed E-state index contributed by atoms with van der Waals surface area (Å²) >= 11 is 0. The molecule has 30 heavy (non-hydrogen) atoms. The van der Waals surface area contributed by atoms with Gasteiger partial charge in [-0.15, -0.1) is 0 Å². The van der Waals surface area contributed by atoms with Crippen LogP contribution in [0, 0.1) is 0 Å². The minimum Gasteiger partial charge on any atom is -0.508 e. The number of phenolic OH excluding ortho intramolecular Hbond substituents is 1. The van der Waals surface area contributed by atoms with Crippen LogP contribution in [0.15, 0.2) is 77.9 Å². The average Bonchev–Trinajstić information content (AvgIpc) is 2.78. The van der Waals surface area contributed by atoms with E-state index >= 15 is 0 Å². The molecule has 0 heterocycles. The zero-order valence-electron chi connectivity index (χ0n) is 16.1. The third-order valence-corrected chi connectivity index (χ3v) is 5.65. The SMILES string of the molecule is [N-]=[N+]=NC(=O)c1ccc(C(=O)[C@@H]2c3ccc(O)cc3CC[C@H]2c2ccccc2)cc1. The van der Waals surface area contributed by atoms with Crippen molar-refractivity contribution in [2.45, 2.75) is 24.7 Å². The van der Waals surface area contributed by atoms with Crippen molar-refractivity contribution in [1.82, 2.24) is 0 Å². The third-order valence-electron chi connectivity index (χ3n) is 5.65. The largest absolute Gasteiger partial charge is 0.508 e. The van der Waals surface area contributed by atoms with E-state index in [4.69, 9.17) is 5.53 Å². The standard InChI is InChI=1S/C24H19N3O3/c25-27-26-24(30)17-8-6-16(7-9-17)23(29)22-20(15-4-2-1-3-5-15)12-10-18-14-19(28)11-13-21(18)22/h1-9,11,13-14,20,22,28H,10,12H2/t20-,22-/m0/s1. The van der Waals surface area contributed by atoms with Gasteiger partial charge in [0.05, 0.1) is 5.92 Å². The lowest BCUT2D eigenvalue weighted by Crippen LogP contribution is -2.26. The summed E-state index contributed by atoms with van der Waals surface area (Å²) in [5, 5.41) is 13.0. The van der Waals surface area contributed by atoms with Crippen LogP contribution in [0.2, 0.25) is 0 Å². The Kier molecular flexibility index (Phi) is 5.33. The molecule has 1 amide bonds. The maximum atomic E-state index is 13.6. The van der Waals surface area contributed by atoms with E-state index in [1.165, 1.54) is 12.1 Å². The molecular formula is C24H19N3O3. The molecule has 3 aromatic carbocycles. The van der Waals surface area contributed by atoms with Gasteiger partial charge in [0, 0.05) is 16.0 Å². The molecule has 0 saturated heterocycles. The molecule has 148 valence electrons. The topological polar surface area (TPSA) is 103 Å². The molecule has 1 aliphatic carbocycles. The van der Waals surface area contributed by atoms with Crippen LogP contribution in [-0.4, -0.2) is 16.8 Å². The van der Waals surface area contributed by atoms with Gasteiger partial charge in [-0.1, -0.05) is 60.7 Å². The van der Waals surface area contributed by atoms with Gasteiger partial charge in [0.2, 0.25) is 5.91 Å². The molecule has 6 nitrogen and oxygen atoms in total. The van der Waals surface area contributed by atoms with Gasteiger partial charge in [0.25, 0.3) is 0 Å². The maximum Gasteiger partial charge on any atom is 0.249 e. The maximum absolute atomic E-state index is 13.6. The van der Waals surface area contributed by atoms with Crippen LogP contribution in [0.25, 0.3) is 10.4 Å². The van der Waals surface area contributed by atoms with Gasteiger partial charge in [0.15, 0.2) is 5.78 Å². The van der Waals surface area contributed by atoms with Gasteiger partial charge in [0.1, 0.15) is 5.75 Å². The van der Waals surface area contributed by atoms with Crippen LogP contribution in [0.1, 0.15) is 55.7 Å². The number of phenols is 1. The van der Waals surface area contributed by atoms with Crippen molar-refractivity contribution in [3.05, 3.63) is 111 Å². The van der Waals surface area contributed by atoms with Gasteiger partial charge < -0.3 is 5.11 Å². The van der Waals surface area contributed by atoms with E-state index in [-0.39, 0.29) is 23.0 Å². The van der Waals surface area contributed by atoms with Crippen molar-refractivity contribution in [3.63, 3.8) is 0 Å². The number of carbonyl (C=O) groups excluding carboxylic acids is 2. The monoisotopic (exact) mass is 397 g/mol. The van der Waals surface area contributed by atoms with Gasteiger partial charge in [-0.2, -0.15) is 0 Å². The molecule has 0 aromatic heterocycles. The highest BCUT2D eigenvalue weighted by Gasteiger charge is 2.36. The number of aromatic hydroxyl groups is 1. The number of rotatable bonds is 4. The summed E-state index contributed by atoms with van der Waals surface area (Å²) in [6.45, 7) is 0. The van der Waals surface area contributed by atoms with Crippen LogP contribution >= 0.6 is 0 Å². The number of nitrogens with zero attached hydrogens (tertiary/aromatic N) is 3. The number of hydrogen-bond donors (Lipinski definition) is 1. The highest BCUT2D eigenvalue weighted by atomic mass is 16.3. The van der Waals surface area contributed by atoms with Crippen molar-refractivity contribution in [2.24, 2.45) is 5.11 Å². The molecular weight excluding hydrogens is 378 g/mol. The summed E-state index contributed by atoms with van der Waals surface area (Å²) in [7, 11) is 0. The second kappa shape index (κ2) is 8.23. The van der Waals surface area contributed by atoms with E-state index in [0.717, 1.165) is 29.5 Å². The number of hydrogen-bond acceptors (Lipinski definition) is 3. The molecule has 1 N–H and O–H groups in total. The lowest BCUT2D eigenvalue weighted by molar-refractivity contribution is 0.0938. The minimum atomic E-state index is -0.683. The summed E-state index contributed by atoms with van der Waals surface area (Å²) < 4.78 is 0. The lowest BCUT2D eigenvalue weighted by Gasteiger charge is -2.33. The van der Waals surface area contributed by atoms with Crippen molar-refractivity contribution in [3.8, 4) is 5.75 Å². The molecule has 0 bridgehead atoms. The van der Waals surface area contributed by atoms with E-state index in [2.05, 4.69) is 10.0 Å². The van der Waals surface area contributed by atoms with Gasteiger partial charge in [-0.25, -0.2) is 0 Å². The summed E-state index contributed by atoms with van der Waals surface area (Å²) in [6.07, 6.45) is 1.58. The quantitative estimate of drug-likeness (QED) is 0.270. The first-order valence-corrected chi connectivity index (χ1v) is 9.69. The van der Waals surface area contributed by atoms with Crippen molar-refractivity contribution >= 4 is 11.7 Å². The van der Waals surface area contributed by atoms with Gasteiger partial charge in [-0.05, 0) is 58.2 Å². The molecule has 4 rings (SSSR count). The molecule has 1 aliphatic rings. The molecule has 3 aromatic rings. The van der Waals surface area contributed by atoms with E-state index in [1.807, 2.05) is 36.4 Å². The predicted octanol–water partition coefficient (Wildman–Crippen LogP) is 5.54. The second-order valence-corrected chi connectivity index (χ2v) is 7.35. The molecule has 6 heteroatoms. The van der Waals surface area contributed by atoms with Crippen molar-refractivity contribution in [1.29, 1.82) is 0 Å². The Morgan fingerprint density at radius 3 is 2.37 bits per heavy atom. The Morgan fingerprint density at radius 2 is 1.67 bits per heavy atom. The van der Waals surface area contributed by atoms with Crippen LogP contribution in [0.3, 0.4) is 0 Å². The zero-order chi connectivity index (χ0) is 21.1. The highest BCUT2D eigenvalue weighted by Crippen LogP contribution is 2.44. The fourth-order valence-corrected chi connectivity index (χ4v) is 4.24. The smallest absolute Gasteiger partial charge is 0.249 e. The first-order chi connectivity index (χ1) is 14.6. The lowest BCUT2D eigenvalue weighted by atomic mass is 9.69. The molecule has 0 unspecified atom stereocenters. The van der Waals surface area contributed by atoms with Crippen LogP contribution in [-0.2, 0) is 6.42 Å². The Balaban J connectivity index is 1.75. The Hall–Kier alpha value is -3.89. The minimum absolute atomic E-state index is 0.0141. The van der Waals surface area contributed by atoms with E-state index in [1.54, 1.807) is 24.3 Å². The van der Waals surface area contributed by atoms with Crippen molar-refractivity contribution in [2.75, 3.05) is 0 Å². The average molecular weight is 397 g/mol. The van der Waals surface area contributed by atoms with E-state index in [0.29, 0.717) is 5.56 Å². The molecule has 0 aliphatic heterocycles. The van der Waals surface area contributed by atoms with E-state index < -0.39 is 11.8 Å².